The number of carbonyl (C=O) groups is 1. The van der Waals surface area contributed by atoms with Gasteiger partial charge in [-0.1, -0.05) is 6.07 Å². The van der Waals surface area contributed by atoms with Gasteiger partial charge in [0.1, 0.15) is 5.52 Å². The molecule has 1 aromatic carbocycles. The maximum Gasteiger partial charge on any atom is 0.337 e. The van der Waals surface area contributed by atoms with E-state index < -0.39 is 11.9 Å². The number of benzene rings is 1. The van der Waals surface area contributed by atoms with Crippen molar-refractivity contribution in [3.05, 3.63) is 42.0 Å². The number of aromatic nitrogens is 2. The second-order valence-electron chi connectivity index (χ2n) is 3.90. The van der Waals surface area contributed by atoms with Gasteiger partial charge in [0, 0.05) is 22.5 Å². The molecule has 0 spiro atoms. The molecule has 0 aliphatic heterocycles. The van der Waals surface area contributed by atoms with Gasteiger partial charge in [-0.3, -0.25) is 0 Å². The zero-order valence-electron chi connectivity index (χ0n) is 9.53. The Labute approximate surface area is 101 Å². The molecule has 18 heavy (non-hydrogen) atoms. The molecule has 2 aromatic heterocycles. The van der Waals surface area contributed by atoms with E-state index in [4.69, 9.17) is 0 Å². The van der Waals surface area contributed by atoms with Crippen molar-refractivity contribution in [1.29, 1.82) is 0 Å². The van der Waals surface area contributed by atoms with E-state index >= 15 is 0 Å². The molecule has 0 radical (unpaired) electrons. The molecule has 0 atom stereocenters. The largest absolute Gasteiger partial charge is 0.465 e. The molecule has 2 heterocycles. The van der Waals surface area contributed by atoms with Crippen molar-refractivity contribution in [2.24, 2.45) is 0 Å². The predicted molar refractivity (Wildman–Crippen MR) is 64.9 cm³/mol. The van der Waals surface area contributed by atoms with E-state index in [-0.39, 0.29) is 0 Å². The van der Waals surface area contributed by atoms with Gasteiger partial charge in [-0.05, 0) is 18.2 Å². The van der Waals surface area contributed by atoms with E-state index in [2.05, 4.69) is 14.7 Å². The van der Waals surface area contributed by atoms with Crippen LogP contribution in [0.3, 0.4) is 0 Å². The monoisotopic (exact) mass is 244 g/mol. The van der Waals surface area contributed by atoms with Crippen LogP contribution in [0, 0.1) is 5.95 Å². The molecule has 5 heteroatoms. The zero-order chi connectivity index (χ0) is 12.7. The number of fused-ring (bicyclic) bond motifs is 3. The van der Waals surface area contributed by atoms with Crippen LogP contribution < -0.4 is 0 Å². The van der Waals surface area contributed by atoms with Crippen LogP contribution in [0.25, 0.3) is 21.8 Å². The SMILES string of the molecule is COC(=O)c1ccc2c(c1)[nH]c1c(F)nccc12. The first kappa shape index (κ1) is 10.7. The number of nitrogens with zero attached hydrogens (tertiary/aromatic N) is 1. The Morgan fingerprint density at radius 2 is 2.17 bits per heavy atom. The number of hydrogen-bond acceptors (Lipinski definition) is 3. The summed E-state index contributed by atoms with van der Waals surface area (Å²) in [6, 6.07) is 6.79. The fourth-order valence-corrected chi connectivity index (χ4v) is 2.04. The maximum atomic E-state index is 13.5. The van der Waals surface area contributed by atoms with E-state index in [9.17, 15) is 9.18 Å². The van der Waals surface area contributed by atoms with Crippen LogP contribution in [-0.2, 0) is 4.74 Å². The highest BCUT2D eigenvalue weighted by Crippen LogP contribution is 2.26. The quantitative estimate of drug-likeness (QED) is 0.529. The van der Waals surface area contributed by atoms with Crippen molar-refractivity contribution >= 4 is 27.8 Å². The molecule has 0 unspecified atom stereocenters. The number of methoxy groups -OCH3 is 1. The summed E-state index contributed by atoms with van der Waals surface area (Å²) in [5, 5.41) is 1.59. The van der Waals surface area contributed by atoms with E-state index in [0.29, 0.717) is 16.6 Å². The lowest BCUT2D eigenvalue weighted by atomic mass is 10.1. The van der Waals surface area contributed by atoms with Gasteiger partial charge < -0.3 is 9.72 Å². The van der Waals surface area contributed by atoms with Gasteiger partial charge in [0.25, 0.3) is 0 Å². The number of esters is 1. The number of rotatable bonds is 1. The second kappa shape index (κ2) is 3.80. The summed E-state index contributed by atoms with van der Waals surface area (Å²) >= 11 is 0. The van der Waals surface area contributed by atoms with Crippen molar-refractivity contribution in [3.63, 3.8) is 0 Å². The van der Waals surface area contributed by atoms with Crippen LogP contribution in [0.2, 0.25) is 0 Å². The van der Waals surface area contributed by atoms with Gasteiger partial charge in [0.05, 0.1) is 12.7 Å². The minimum atomic E-state index is -0.552. The van der Waals surface area contributed by atoms with Crippen LogP contribution in [0.4, 0.5) is 4.39 Å². The number of hydrogen-bond donors (Lipinski definition) is 1. The van der Waals surface area contributed by atoms with Crippen LogP contribution >= 0.6 is 0 Å². The van der Waals surface area contributed by atoms with E-state index in [1.165, 1.54) is 13.3 Å². The van der Waals surface area contributed by atoms with Gasteiger partial charge in [0.2, 0.25) is 5.95 Å². The summed E-state index contributed by atoms with van der Waals surface area (Å²) in [4.78, 5) is 17.9. The number of halogens is 1. The molecule has 1 N–H and O–H groups in total. The number of pyridine rings is 1. The van der Waals surface area contributed by atoms with Crippen molar-refractivity contribution in [1.82, 2.24) is 9.97 Å². The fraction of sp³-hybridized carbons (Fsp3) is 0.0769. The Bertz CT molecular complexity index is 764. The minimum absolute atomic E-state index is 0.342. The van der Waals surface area contributed by atoms with Crippen LogP contribution in [0.15, 0.2) is 30.5 Å². The van der Waals surface area contributed by atoms with Crippen molar-refractivity contribution in [2.45, 2.75) is 0 Å². The minimum Gasteiger partial charge on any atom is -0.465 e. The van der Waals surface area contributed by atoms with Gasteiger partial charge in [-0.2, -0.15) is 4.39 Å². The summed E-state index contributed by atoms with van der Waals surface area (Å²) in [6.45, 7) is 0. The number of carbonyl (C=O) groups excluding carboxylic acids is 1. The first-order chi connectivity index (χ1) is 8.70. The van der Waals surface area contributed by atoms with Crippen LogP contribution in [-0.4, -0.2) is 23.0 Å². The Morgan fingerprint density at radius 3 is 2.94 bits per heavy atom. The number of nitrogens with one attached hydrogen (secondary N) is 1. The lowest BCUT2D eigenvalue weighted by Crippen LogP contribution is -2.00. The van der Waals surface area contributed by atoms with Gasteiger partial charge >= 0.3 is 5.97 Å². The molecule has 0 saturated carbocycles. The molecule has 3 rings (SSSR count). The molecular weight excluding hydrogens is 235 g/mol. The van der Waals surface area contributed by atoms with Crippen LogP contribution in [0.1, 0.15) is 10.4 Å². The molecule has 0 aliphatic carbocycles. The van der Waals surface area contributed by atoms with E-state index in [1.807, 2.05) is 0 Å². The van der Waals surface area contributed by atoms with E-state index in [1.54, 1.807) is 24.3 Å². The highest BCUT2D eigenvalue weighted by molar-refractivity contribution is 6.08. The lowest BCUT2D eigenvalue weighted by Gasteiger charge is -1.98. The number of H-pyrrole nitrogens is 1. The van der Waals surface area contributed by atoms with Crippen molar-refractivity contribution < 1.29 is 13.9 Å². The molecule has 0 fully saturated rings. The number of ether oxygens (including phenoxy) is 1. The zero-order valence-corrected chi connectivity index (χ0v) is 9.53. The Balaban J connectivity index is 2.33. The normalized spacial score (nSPS) is 11.0. The van der Waals surface area contributed by atoms with Gasteiger partial charge in [0.15, 0.2) is 0 Å². The molecular formula is C13H9FN2O2. The summed E-state index contributed by atoms with van der Waals surface area (Å²) < 4.78 is 18.2. The first-order valence-electron chi connectivity index (χ1n) is 5.35. The summed E-state index contributed by atoms with van der Waals surface area (Å²) in [5.74, 6) is -0.975. The topological polar surface area (TPSA) is 55.0 Å². The molecule has 4 nitrogen and oxygen atoms in total. The smallest absolute Gasteiger partial charge is 0.337 e. The van der Waals surface area contributed by atoms with Gasteiger partial charge in [-0.15, -0.1) is 0 Å². The van der Waals surface area contributed by atoms with Gasteiger partial charge in [-0.25, -0.2) is 9.78 Å². The first-order valence-corrected chi connectivity index (χ1v) is 5.35. The highest BCUT2D eigenvalue weighted by atomic mass is 19.1. The molecule has 0 bridgehead atoms. The average molecular weight is 244 g/mol. The van der Waals surface area contributed by atoms with Crippen molar-refractivity contribution in [2.75, 3.05) is 7.11 Å². The number of aromatic amines is 1. The van der Waals surface area contributed by atoms with Crippen LogP contribution in [0.5, 0.6) is 0 Å². The fourth-order valence-electron chi connectivity index (χ4n) is 2.04. The molecule has 0 saturated heterocycles. The Hall–Kier alpha value is -2.43. The summed E-state index contributed by atoms with van der Waals surface area (Å²) in [5.41, 5.74) is 1.44. The Kier molecular flexibility index (Phi) is 2.26. The third-order valence-corrected chi connectivity index (χ3v) is 2.90. The summed E-state index contributed by atoms with van der Waals surface area (Å²) in [6.07, 6.45) is 1.42. The molecule has 0 aliphatic rings. The standard InChI is InChI=1S/C13H9FN2O2/c1-18-13(17)7-2-3-8-9-4-5-15-12(14)11(9)16-10(8)6-7/h2-6,16H,1H3. The highest BCUT2D eigenvalue weighted by Gasteiger charge is 2.11. The predicted octanol–water partition coefficient (Wildman–Crippen LogP) is 2.64. The van der Waals surface area contributed by atoms with Crippen molar-refractivity contribution in [3.8, 4) is 0 Å². The average Bonchev–Trinajstić information content (AvgIpc) is 2.77. The third-order valence-electron chi connectivity index (χ3n) is 2.90. The maximum absolute atomic E-state index is 13.5. The summed E-state index contributed by atoms with van der Waals surface area (Å²) in [7, 11) is 1.32. The lowest BCUT2D eigenvalue weighted by molar-refractivity contribution is 0.0601. The Morgan fingerprint density at radius 1 is 1.33 bits per heavy atom. The van der Waals surface area contributed by atoms with E-state index in [0.717, 1.165) is 10.8 Å². The molecule has 0 amide bonds. The molecule has 90 valence electrons. The third kappa shape index (κ3) is 1.44. The molecule has 3 aromatic rings. The second-order valence-corrected chi connectivity index (χ2v) is 3.90.